The molecule has 4 aromatic rings. The fraction of sp³-hybridized carbons (Fsp3) is 0.172. The van der Waals surface area contributed by atoms with Crippen molar-refractivity contribution in [3.05, 3.63) is 114 Å². The Morgan fingerprint density at radius 2 is 1.78 bits per heavy atom. The fourth-order valence-electron chi connectivity index (χ4n) is 5.13. The first-order chi connectivity index (χ1) is 17.6. The highest BCUT2D eigenvalue weighted by molar-refractivity contribution is 7.07. The average molecular weight is 497 g/mol. The largest absolute Gasteiger partial charge is 0.504 e. The van der Waals surface area contributed by atoms with Crippen LogP contribution in [0.1, 0.15) is 34.7 Å². The van der Waals surface area contributed by atoms with Gasteiger partial charge in [0.15, 0.2) is 16.3 Å². The number of thiazole rings is 1. The van der Waals surface area contributed by atoms with Gasteiger partial charge in [0.1, 0.15) is 5.75 Å². The number of nitrogens with zero attached hydrogens (tertiary/aromatic N) is 2. The van der Waals surface area contributed by atoms with Crippen molar-refractivity contribution in [3.63, 3.8) is 0 Å². The van der Waals surface area contributed by atoms with Crippen LogP contribution in [0.3, 0.4) is 0 Å². The van der Waals surface area contributed by atoms with Gasteiger partial charge in [-0.15, -0.1) is 0 Å². The van der Waals surface area contributed by atoms with E-state index in [1.807, 2.05) is 36.4 Å². The minimum absolute atomic E-state index is 0.0543. The molecule has 7 heteroatoms. The maximum absolute atomic E-state index is 13.9. The van der Waals surface area contributed by atoms with Crippen LogP contribution in [-0.4, -0.2) is 23.9 Å². The van der Waals surface area contributed by atoms with Crippen LogP contribution in [0, 0.1) is 0 Å². The van der Waals surface area contributed by atoms with Gasteiger partial charge in [-0.2, -0.15) is 0 Å². The second-order valence-electron chi connectivity index (χ2n) is 8.79. The summed E-state index contributed by atoms with van der Waals surface area (Å²) in [6.45, 7) is 0. The molecule has 36 heavy (non-hydrogen) atoms. The molecule has 1 N–H and O–H groups in total. The molecule has 0 spiro atoms. The molecule has 0 saturated carbocycles. The number of hydrogen-bond donors (Lipinski definition) is 1. The van der Waals surface area contributed by atoms with Gasteiger partial charge in [-0.1, -0.05) is 59.9 Å². The lowest BCUT2D eigenvalue weighted by Crippen LogP contribution is -2.38. The average Bonchev–Trinajstić information content (AvgIpc) is 3.22. The van der Waals surface area contributed by atoms with Crippen molar-refractivity contribution in [2.45, 2.75) is 18.9 Å². The van der Waals surface area contributed by atoms with Gasteiger partial charge in [0.05, 0.1) is 30.5 Å². The highest BCUT2D eigenvalue weighted by Crippen LogP contribution is 2.43. The Hall–Kier alpha value is -4.10. The predicted octanol–water partition coefficient (Wildman–Crippen LogP) is 4.04. The van der Waals surface area contributed by atoms with E-state index in [1.54, 1.807) is 29.9 Å². The third-order valence-corrected chi connectivity index (χ3v) is 7.79. The molecule has 2 aliphatic rings. The lowest BCUT2D eigenvalue weighted by atomic mass is 9.83. The van der Waals surface area contributed by atoms with E-state index in [0.29, 0.717) is 15.1 Å². The Morgan fingerprint density at radius 1 is 1.00 bits per heavy atom. The number of aromatic nitrogens is 1. The molecule has 0 bridgehead atoms. The van der Waals surface area contributed by atoms with Crippen molar-refractivity contribution in [1.82, 2.24) is 4.57 Å². The van der Waals surface area contributed by atoms with Gasteiger partial charge in [-0.25, -0.2) is 4.99 Å². The maximum Gasteiger partial charge on any atom is 0.271 e. The summed E-state index contributed by atoms with van der Waals surface area (Å²) in [6, 6.07) is 21.0. The quantitative estimate of drug-likeness (QED) is 0.463. The minimum atomic E-state index is -0.308. The van der Waals surface area contributed by atoms with Crippen LogP contribution in [0.5, 0.6) is 17.2 Å². The standard InChI is InChI=1S/C29H24N2O4S/c1-34-23-10-6-5-9-20(23)27-21-13-12-18-7-3-4-8-19(18)26(21)30-29-31(27)28(33)25(36-29)16-17-11-14-22(32)24(15-17)35-2/h3-11,14-16,27,32H,12-13H2,1-2H3/b25-16-/t27-/m0/s1. The van der Waals surface area contributed by atoms with E-state index < -0.39 is 0 Å². The van der Waals surface area contributed by atoms with E-state index >= 15 is 0 Å². The van der Waals surface area contributed by atoms with E-state index in [9.17, 15) is 9.90 Å². The lowest BCUT2D eigenvalue weighted by Gasteiger charge is -2.31. The molecule has 6 nitrogen and oxygen atoms in total. The third kappa shape index (κ3) is 3.55. The van der Waals surface area contributed by atoms with E-state index in [2.05, 4.69) is 18.2 Å². The van der Waals surface area contributed by atoms with Crippen LogP contribution in [0.15, 0.2) is 82.1 Å². The lowest BCUT2D eigenvalue weighted by molar-refractivity contribution is 0.373. The molecule has 1 atom stereocenters. The second-order valence-corrected chi connectivity index (χ2v) is 9.80. The number of hydrogen-bond acceptors (Lipinski definition) is 6. The van der Waals surface area contributed by atoms with E-state index in [-0.39, 0.29) is 17.4 Å². The van der Waals surface area contributed by atoms with Crippen LogP contribution in [0.2, 0.25) is 0 Å². The molecule has 0 unspecified atom stereocenters. The first kappa shape index (κ1) is 22.4. The van der Waals surface area contributed by atoms with Gasteiger partial charge < -0.3 is 14.6 Å². The highest BCUT2D eigenvalue weighted by Gasteiger charge is 2.33. The van der Waals surface area contributed by atoms with Crippen LogP contribution in [0.4, 0.5) is 0 Å². The number of para-hydroxylation sites is 1. The maximum atomic E-state index is 13.9. The normalized spacial score (nSPS) is 16.6. The van der Waals surface area contributed by atoms with Gasteiger partial charge in [0, 0.05) is 11.1 Å². The van der Waals surface area contributed by atoms with Gasteiger partial charge in [0.25, 0.3) is 5.56 Å². The summed E-state index contributed by atoms with van der Waals surface area (Å²) in [5.41, 5.74) is 6.08. The fourth-order valence-corrected chi connectivity index (χ4v) is 6.13. The molecule has 6 rings (SSSR count). The smallest absolute Gasteiger partial charge is 0.271 e. The number of benzene rings is 3. The summed E-state index contributed by atoms with van der Waals surface area (Å²) >= 11 is 1.37. The van der Waals surface area contributed by atoms with Crippen LogP contribution < -0.4 is 24.4 Å². The summed E-state index contributed by atoms with van der Waals surface area (Å²) in [4.78, 5) is 19.6. The highest BCUT2D eigenvalue weighted by atomic mass is 32.1. The number of fused-ring (bicyclic) bond motifs is 3. The zero-order valence-electron chi connectivity index (χ0n) is 19.9. The molecule has 180 valence electrons. The number of ether oxygens (including phenoxy) is 2. The van der Waals surface area contributed by atoms with Crippen LogP contribution in [-0.2, 0) is 6.42 Å². The minimum Gasteiger partial charge on any atom is -0.504 e. The molecule has 1 aliphatic carbocycles. The van der Waals surface area contributed by atoms with Crippen molar-refractivity contribution < 1.29 is 14.6 Å². The van der Waals surface area contributed by atoms with Crippen molar-refractivity contribution >= 4 is 23.1 Å². The van der Waals surface area contributed by atoms with Crippen molar-refractivity contribution in [3.8, 4) is 17.2 Å². The molecule has 3 aromatic carbocycles. The van der Waals surface area contributed by atoms with E-state index in [0.717, 1.165) is 46.6 Å². The predicted molar refractivity (Wildman–Crippen MR) is 140 cm³/mol. The monoisotopic (exact) mass is 496 g/mol. The Morgan fingerprint density at radius 3 is 2.61 bits per heavy atom. The first-order valence-corrected chi connectivity index (χ1v) is 12.5. The van der Waals surface area contributed by atoms with E-state index in [1.165, 1.54) is 24.0 Å². The Labute approximate surface area is 211 Å². The van der Waals surface area contributed by atoms with Gasteiger partial charge in [-0.05, 0) is 53.8 Å². The molecular weight excluding hydrogens is 472 g/mol. The molecular formula is C29H24N2O4S. The van der Waals surface area contributed by atoms with Gasteiger partial charge in [-0.3, -0.25) is 9.36 Å². The number of aryl methyl sites for hydroxylation is 1. The number of phenols is 1. The topological polar surface area (TPSA) is 73.0 Å². The van der Waals surface area contributed by atoms with Crippen LogP contribution >= 0.6 is 11.3 Å². The Balaban J connectivity index is 1.62. The number of phenolic OH excluding ortho intramolecular Hbond substituents is 1. The molecule has 0 saturated heterocycles. The zero-order chi connectivity index (χ0) is 24.8. The summed E-state index contributed by atoms with van der Waals surface area (Å²) < 4.78 is 13.3. The van der Waals surface area contributed by atoms with Crippen molar-refractivity contribution in [1.29, 1.82) is 0 Å². The first-order valence-electron chi connectivity index (χ1n) is 11.7. The Bertz CT molecular complexity index is 1710. The van der Waals surface area contributed by atoms with Gasteiger partial charge in [0.2, 0.25) is 0 Å². The number of allylic oxidation sites excluding steroid dienone is 1. The second kappa shape index (κ2) is 8.84. The van der Waals surface area contributed by atoms with Crippen molar-refractivity contribution in [2.24, 2.45) is 4.99 Å². The SMILES string of the molecule is COc1cc(/C=c2\sc3n(c2=O)[C@@H](c2ccccc2OC)C2=C(N=3)c3ccccc3CC2)ccc1O. The number of rotatable bonds is 4. The van der Waals surface area contributed by atoms with E-state index in [4.69, 9.17) is 14.5 Å². The van der Waals surface area contributed by atoms with Crippen molar-refractivity contribution in [2.75, 3.05) is 14.2 Å². The molecule has 0 radical (unpaired) electrons. The molecule has 1 aromatic heterocycles. The summed E-state index contributed by atoms with van der Waals surface area (Å²) in [5.74, 6) is 1.15. The third-order valence-electron chi connectivity index (χ3n) is 6.81. The summed E-state index contributed by atoms with van der Waals surface area (Å²) in [7, 11) is 3.16. The van der Waals surface area contributed by atoms with Crippen LogP contribution in [0.25, 0.3) is 11.8 Å². The molecule has 0 fully saturated rings. The summed E-state index contributed by atoms with van der Waals surface area (Å²) in [5, 5.41) is 9.96. The molecule has 2 heterocycles. The summed E-state index contributed by atoms with van der Waals surface area (Å²) in [6.07, 6.45) is 3.53. The molecule has 1 aliphatic heterocycles. The van der Waals surface area contributed by atoms with Gasteiger partial charge >= 0.3 is 0 Å². The number of methoxy groups -OCH3 is 2. The molecule has 0 amide bonds. The number of aromatic hydroxyl groups is 1. The zero-order valence-corrected chi connectivity index (χ0v) is 20.7. The Kier molecular flexibility index (Phi) is 5.49.